The number of carboxylic acids is 1. The first kappa shape index (κ1) is 13.8. The van der Waals surface area contributed by atoms with Crippen LogP contribution in [0.1, 0.15) is 50.5 Å². The van der Waals surface area contributed by atoms with Gasteiger partial charge in [-0.25, -0.2) is 14.8 Å². The Morgan fingerprint density at radius 3 is 2.74 bits per heavy atom. The summed E-state index contributed by atoms with van der Waals surface area (Å²) in [4.78, 5) is 20.2. The Morgan fingerprint density at radius 1 is 1.53 bits per heavy atom. The maximum Gasteiger partial charge on any atom is 0.326 e. The molecule has 0 unspecified atom stereocenters. The number of anilines is 1. The topological polar surface area (TPSA) is 75.1 Å². The van der Waals surface area contributed by atoms with Crippen molar-refractivity contribution in [2.45, 2.75) is 52.0 Å². The summed E-state index contributed by atoms with van der Waals surface area (Å²) in [5.74, 6) is 1.15. The van der Waals surface area contributed by atoms with Crippen LogP contribution < -0.4 is 5.32 Å². The molecule has 5 nitrogen and oxygen atoms in total. The zero-order valence-electron chi connectivity index (χ0n) is 11.7. The van der Waals surface area contributed by atoms with Crippen molar-refractivity contribution in [2.24, 2.45) is 5.92 Å². The first-order valence-electron chi connectivity index (χ1n) is 6.86. The predicted molar refractivity (Wildman–Crippen MR) is 73.2 cm³/mol. The van der Waals surface area contributed by atoms with Gasteiger partial charge in [0, 0.05) is 17.7 Å². The molecule has 1 heterocycles. The highest BCUT2D eigenvalue weighted by molar-refractivity contribution is 5.77. The van der Waals surface area contributed by atoms with Crippen LogP contribution in [-0.4, -0.2) is 27.1 Å². The lowest BCUT2D eigenvalue weighted by molar-refractivity contribution is -0.139. The molecule has 1 saturated carbocycles. The van der Waals surface area contributed by atoms with E-state index in [0.29, 0.717) is 11.7 Å². The number of hydrogen-bond donors (Lipinski definition) is 2. The van der Waals surface area contributed by atoms with E-state index in [4.69, 9.17) is 0 Å². The summed E-state index contributed by atoms with van der Waals surface area (Å²) in [6, 6.07) is 1.20. The average molecular weight is 263 g/mol. The van der Waals surface area contributed by atoms with Crippen molar-refractivity contribution < 1.29 is 9.90 Å². The van der Waals surface area contributed by atoms with E-state index >= 15 is 0 Å². The third-order valence-electron chi connectivity index (χ3n) is 3.60. The summed E-state index contributed by atoms with van der Waals surface area (Å²) >= 11 is 0. The summed E-state index contributed by atoms with van der Waals surface area (Å²) in [6.07, 6.45) is 3.08. The fourth-order valence-electron chi connectivity index (χ4n) is 2.03. The number of aryl methyl sites for hydroxylation is 1. The van der Waals surface area contributed by atoms with Crippen molar-refractivity contribution in [2.75, 3.05) is 5.32 Å². The van der Waals surface area contributed by atoms with Crippen LogP contribution >= 0.6 is 0 Å². The van der Waals surface area contributed by atoms with Gasteiger partial charge in [-0.15, -0.1) is 0 Å². The van der Waals surface area contributed by atoms with Crippen LogP contribution in [0.5, 0.6) is 0 Å². The molecule has 1 aromatic rings. The first-order chi connectivity index (χ1) is 9.01. The largest absolute Gasteiger partial charge is 0.480 e. The molecule has 2 atom stereocenters. The molecular weight excluding hydrogens is 242 g/mol. The van der Waals surface area contributed by atoms with Gasteiger partial charge in [0.05, 0.1) is 0 Å². The van der Waals surface area contributed by atoms with Crippen molar-refractivity contribution in [3.8, 4) is 0 Å². The van der Waals surface area contributed by atoms with Crippen LogP contribution in [0.2, 0.25) is 0 Å². The smallest absolute Gasteiger partial charge is 0.326 e. The highest BCUT2D eigenvalue weighted by atomic mass is 16.4. The van der Waals surface area contributed by atoms with Crippen LogP contribution in [0, 0.1) is 12.8 Å². The van der Waals surface area contributed by atoms with E-state index < -0.39 is 12.0 Å². The molecule has 0 bridgehead atoms. The summed E-state index contributed by atoms with van der Waals surface area (Å²) < 4.78 is 0. The van der Waals surface area contributed by atoms with Gasteiger partial charge >= 0.3 is 5.97 Å². The fourth-order valence-corrected chi connectivity index (χ4v) is 2.03. The van der Waals surface area contributed by atoms with Gasteiger partial charge in [0.15, 0.2) is 0 Å². The van der Waals surface area contributed by atoms with Gasteiger partial charge < -0.3 is 10.4 Å². The molecule has 2 N–H and O–H groups in total. The zero-order chi connectivity index (χ0) is 14.0. The predicted octanol–water partition coefficient (Wildman–Crippen LogP) is 2.57. The molecule has 0 aliphatic heterocycles. The molecule has 1 aromatic heterocycles. The lowest BCUT2D eigenvalue weighted by Gasteiger charge is -2.21. The van der Waals surface area contributed by atoms with Gasteiger partial charge in [0.2, 0.25) is 0 Å². The Bertz CT molecular complexity index is 472. The van der Waals surface area contributed by atoms with E-state index in [9.17, 15) is 9.90 Å². The van der Waals surface area contributed by atoms with Crippen molar-refractivity contribution in [3.05, 3.63) is 17.6 Å². The number of nitrogens with zero attached hydrogens (tertiary/aromatic N) is 2. The molecule has 1 aliphatic rings. The maximum absolute atomic E-state index is 11.3. The third-order valence-corrected chi connectivity index (χ3v) is 3.60. The molecule has 0 aromatic carbocycles. The molecule has 1 fully saturated rings. The monoisotopic (exact) mass is 263 g/mol. The normalized spacial score (nSPS) is 17.8. The average Bonchev–Trinajstić information content (AvgIpc) is 3.18. The molecule has 0 spiro atoms. The van der Waals surface area contributed by atoms with E-state index in [2.05, 4.69) is 15.3 Å². The molecule has 104 valence electrons. The van der Waals surface area contributed by atoms with E-state index in [1.165, 1.54) is 0 Å². The fraction of sp³-hybridized carbons (Fsp3) is 0.643. The van der Waals surface area contributed by atoms with Gasteiger partial charge in [0.25, 0.3) is 0 Å². The summed E-state index contributed by atoms with van der Waals surface area (Å²) in [5.41, 5.74) is 0.882. The SMILES string of the molecule is CC[C@H](C)[C@H](Nc1cc(C)nc(C2CC2)n1)C(=O)O. The van der Waals surface area contributed by atoms with Crippen molar-refractivity contribution in [1.29, 1.82) is 0 Å². The van der Waals surface area contributed by atoms with E-state index in [-0.39, 0.29) is 5.92 Å². The molecule has 19 heavy (non-hydrogen) atoms. The van der Waals surface area contributed by atoms with Gasteiger partial charge in [0.1, 0.15) is 17.7 Å². The summed E-state index contributed by atoms with van der Waals surface area (Å²) in [5, 5.41) is 12.3. The number of rotatable bonds is 6. The van der Waals surface area contributed by atoms with Gasteiger partial charge in [-0.3, -0.25) is 0 Å². The van der Waals surface area contributed by atoms with E-state index in [1.54, 1.807) is 0 Å². The number of aromatic nitrogens is 2. The zero-order valence-corrected chi connectivity index (χ0v) is 11.7. The third kappa shape index (κ3) is 3.43. The van der Waals surface area contributed by atoms with Crippen molar-refractivity contribution >= 4 is 11.8 Å². The maximum atomic E-state index is 11.3. The molecule has 1 aliphatic carbocycles. The Kier molecular flexibility index (Phi) is 4.02. The van der Waals surface area contributed by atoms with Crippen LogP contribution in [0.15, 0.2) is 6.07 Å². The first-order valence-corrected chi connectivity index (χ1v) is 6.86. The van der Waals surface area contributed by atoms with Crippen molar-refractivity contribution in [3.63, 3.8) is 0 Å². The van der Waals surface area contributed by atoms with Gasteiger partial charge in [-0.2, -0.15) is 0 Å². The minimum Gasteiger partial charge on any atom is -0.480 e. The van der Waals surface area contributed by atoms with Gasteiger partial charge in [-0.1, -0.05) is 20.3 Å². The van der Waals surface area contributed by atoms with Crippen LogP contribution in [0.25, 0.3) is 0 Å². The lowest BCUT2D eigenvalue weighted by Crippen LogP contribution is -2.35. The highest BCUT2D eigenvalue weighted by Crippen LogP contribution is 2.38. The molecule has 0 radical (unpaired) electrons. The van der Waals surface area contributed by atoms with E-state index in [1.807, 2.05) is 26.8 Å². The second kappa shape index (κ2) is 5.55. The van der Waals surface area contributed by atoms with Crippen LogP contribution in [0.3, 0.4) is 0 Å². The number of hydrogen-bond acceptors (Lipinski definition) is 4. The minimum atomic E-state index is -0.835. The minimum absolute atomic E-state index is 0.0529. The second-order valence-corrected chi connectivity index (χ2v) is 5.37. The molecule has 2 rings (SSSR count). The second-order valence-electron chi connectivity index (χ2n) is 5.37. The standard InChI is InChI=1S/C14H21N3O2/c1-4-8(2)12(14(18)19)16-11-7-9(3)15-13(17-11)10-5-6-10/h7-8,10,12H,4-6H2,1-3H3,(H,18,19)(H,15,16,17)/t8-,12-/m0/s1. The Hall–Kier alpha value is -1.65. The van der Waals surface area contributed by atoms with E-state index in [0.717, 1.165) is 30.8 Å². The quantitative estimate of drug-likeness (QED) is 0.825. The van der Waals surface area contributed by atoms with Crippen molar-refractivity contribution in [1.82, 2.24) is 9.97 Å². The highest BCUT2D eigenvalue weighted by Gasteiger charge is 2.28. The number of carbonyl (C=O) groups is 1. The summed E-state index contributed by atoms with van der Waals surface area (Å²) in [6.45, 7) is 5.84. The molecule has 5 heteroatoms. The Labute approximate surface area is 113 Å². The number of carboxylic acid groups (broad SMARTS) is 1. The van der Waals surface area contributed by atoms with Gasteiger partial charge in [-0.05, 0) is 25.7 Å². The molecule has 0 saturated heterocycles. The lowest BCUT2D eigenvalue weighted by atomic mass is 9.99. The Morgan fingerprint density at radius 2 is 2.21 bits per heavy atom. The number of nitrogens with one attached hydrogen (secondary N) is 1. The Balaban J connectivity index is 2.18. The number of aliphatic carboxylic acids is 1. The molecule has 0 amide bonds. The van der Waals surface area contributed by atoms with Crippen LogP contribution in [-0.2, 0) is 4.79 Å². The summed E-state index contributed by atoms with van der Waals surface area (Å²) in [7, 11) is 0. The van der Waals surface area contributed by atoms with Crippen LogP contribution in [0.4, 0.5) is 5.82 Å². The molecular formula is C14H21N3O2.